The standard InChI is InChI=1S/C14H16N2O3S/c1-4-19-11-7-5-10(6-8-11)16-14-15-9(2)12(20-14)13(17)18-3/h5-8H,4H2,1-3H3,(H,15,16). The molecule has 0 aliphatic heterocycles. The van der Waals surface area contributed by atoms with Gasteiger partial charge in [-0.1, -0.05) is 11.3 Å². The van der Waals surface area contributed by atoms with Crippen molar-refractivity contribution in [2.24, 2.45) is 0 Å². The minimum Gasteiger partial charge on any atom is -0.494 e. The zero-order chi connectivity index (χ0) is 14.5. The Balaban J connectivity index is 2.11. The van der Waals surface area contributed by atoms with E-state index in [-0.39, 0.29) is 5.97 Å². The van der Waals surface area contributed by atoms with E-state index in [9.17, 15) is 4.79 Å². The number of nitrogens with one attached hydrogen (secondary N) is 1. The zero-order valence-corrected chi connectivity index (χ0v) is 12.4. The molecule has 1 N–H and O–H groups in total. The maximum Gasteiger partial charge on any atom is 0.350 e. The zero-order valence-electron chi connectivity index (χ0n) is 11.6. The van der Waals surface area contributed by atoms with Crippen molar-refractivity contribution >= 4 is 28.1 Å². The average Bonchev–Trinajstić information content (AvgIpc) is 2.81. The molecular formula is C14H16N2O3S. The number of aromatic nitrogens is 1. The van der Waals surface area contributed by atoms with Crippen LogP contribution in [0.1, 0.15) is 22.3 Å². The predicted octanol–water partition coefficient (Wildman–Crippen LogP) is 3.38. The number of nitrogens with zero attached hydrogens (tertiary/aromatic N) is 1. The van der Waals surface area contributed by atoms with Crippen LogP contribution in [0.4, 0.5) is 10.8 Å². The van der Waals surface area contributed by atoms with Gasteiger partial charge in [-0.3, -0.25) is 0 Å². The molecule has 0 radical (unpaired) electrons. The van der Waals surface area contributed by atoms with Gasteiger partial charge in [0.1, 0.15) is 10.6 Å². The molecule has 1 aromatic carbocycles. The number of benzene rings is 1. The van der Waals surface area contributed by atoms with Crippen LogP contribution in [0.5, 0.6) is 5.75 Å². The summed E-state index contributed by atoms with van der Waals surface area (Å²) in [6, 6.07) is 7.57. The van der Waals surface area contributed by atoms with Gasteiger partial charge in [-0.25, -0.2) is 9.78 Å². The fraction of sp³-hybridized carbons (Fsp3) is 0.286. The van der Waals surface area contributed by atoms with Crippen molar-refractivity contribution in [3.8, 4) is 5.75 Å². The van der Waals surface area contributed by atoms with E-state index in [0.29, 0.717) is 22.3 Å². The molecule has 2 rings (SSSR count). The highest BCUT2D eigenvalue weighted by Gasteiger charge is 2.15. The Hall–Kier alpha value is -2.08. The summed E-state index contributed by atoms with van der Waals surface area (Å²) in [5.41, 5.74) is 1.55. The number of esters is 1. The molecule has 0 aliphatic carbocycles. The first-order valence-electron chi connectivity index (χ1n) is 6.19. The lowest BCUT2D eigenvalue weighted by molar-refractivity contribution is 0.0605. The van der Waals surface area contributed by atoms with Crippen LogP contribution in [-0.4, -0.2) is 24.7 Å². The van der Waals surface area contributed by atoms with E-state index in [4.69, 9.17) is 9.47 Å². The Morgan fingerprint density at radius 2 is 2.05 bits per heavy atom. The summed E-state index contributed by atoms with van der Waals surface area (Å²) in [7, 11) is 1.36. The quantitative estimate of drug-likeness (QED) is 0.856. The lowest BCUT2D eigenvalue weighted by atomic mass is 10.3. The maximum absolute atomic E-state index is 11.5. The molecule has 0 unspecified atom stereocenters. The van der Waals surface area contributed by atoms with Crippen LogP contribution in [-0.2, 0) is 4.74 Å². The number of hydrogen-bond acceptors (Lipinski definition) is 6. The maximum atomic E-state index is 11.5. The SMILES string of the molecule is CCOc1ccc(Nc2nc(C)c(C(=O)OC)s2)cc1. The first kappa shape index (κ1) is 14.3. The lowest BCUT2D eigenvalue weighted by Gasteiger charge is -2.05. The van der Waals surface area contributed by atoms with Gasteiger partial charge >= 0.3 is 5.97 Å². The Morgan fingerprint density at radius 3 is 2.65 bits per heavy atom. The molecule has 1 heterocycles. The predicted molar refractivity (Wildman–Crippen MR) is 79.1 cm³/mol. The second kappa shape index (κ2) is 6.38. The van der Waals surface area contributed by atoms with Crippen molar-refractivity contribution in [3.63, 3.8) is 0 Å². The third kappa shape index (κ3) is 3.27. The number of hydrogen-bond donors (Lipinski definition) is 1. The molecule has 0 fully saturated rings. The van der Waals surface area contributed by atoms with E-state index < -0.39 is 0 Å². The van der Waals surface area contributed by atoms with Crippen molar-refractivity contribution in [2.75, 3.05) is 19.0 Å². The Kier molecular flexibility index (Phi) is 4.57. The molecule has 2 aromatic rings. The molecule has 20 heavy (non-hydrogen) atoms. The largest absolute Gasteiger partial charge is 0.494 e. The van der Waals surface area contributed by atoms with Crippen molar-refractivity contribution in [1.29, 1.82) is 0 Å². The summed E-state index contributed by atoms with van der Waals surface area (Å²) in [6.45, 7) is 4.37. The van der Waals surface area contributed by atoms with Crippen LogP contribution in [0.3, 0.4) is 0 Å². The van der Waals surface area contributed by atoms with Gasteiger partial charge in [0.2, 0.25) is 0 Å². The van der Waals surface area contributed by atoms with Crippen molar-refractivity contribution in [1.82, 2.24) is 4.98 Å². The van der Waals surface area contributed by atoms with E-state index in [2.05, 4.69) is 10.3 Å². The summed E-state index contributed by atoms with van der Waals surface area (Å²) in [6.07, 6.45) is 0. The summed E-state index contributed by atoms with van der Waals surface area (Å²) in [4.78, 5) is 16.3. The van der Waals surface area contributed by atoms with E-state index in [0.717, 1.165) is 11.4 Å². The van der Waals surface area contributed by atoms with Crippen LogP contribution in [0.25, 0.3) is 0 Å². The number of ether oxygens (including phenoxy) is 2. The molecule has 0 saturated heterocycles. The molecule has 5 nitrogen and oxygen atoms in total. The monoisotopic (exact) mass is 292 g/mol. The number of aryl methyl sites for hydroxylation is 1. The Morgan fingerprint density at radius 1 is 1.35 bits per heavy atom. The van der Waals surface area contributed by atoms with Gasteiger partial charge in [0.05, 0.1) is 19.4 Å². The number of methoxy groups -OCH3 is 1. The molecule has 0 bridgehead atoms. The number of carbonyl (C=O) groups excluding carboxylic acids is 1. The summed E-state index contributed by atoms with van der Waals surface area (Å²) < 4.78 is 10.1. The van der Waals surface area contributed by atoms with Crippen LogP contribution in [0.15, 0.2) is 24.3 Å². The van der Waals surface area contributed by atoms with Gasteiger partial charge in [-0.05, 0) is 38.1 Å². The topological polar surface area (TPSA) is 60.5 Å². The van der Waals surface area contributed by atoms with Crippen molar-refractivity contribution < 1.29 is 14.3 Å². The normalized spacial score (nSPS) is 10.2. The van der Waals surface area contributed by atoms with Gasteiger partial charge in [0, 0.05) is 5.69 Å². The van der Waals surface area contributed by atoms with Crippen LogP contribution in [0, 0.1) is 6.92 Å². The number of thiazole rings is 1. The molecule has 1 aromatic heterocycles. The highest BCUT2D eigenvalue weighted by atomic mass is 32.1. The Bertz CT molecular complexity index is 593. The second-order valence-electron chi connectivity index (χ2n) is 4.01. The summed E-state index contributed by atoms with van der Waals surface area (Å²) >= 11 is 1.27. The number of rotatable bonds is 5. The van der Waals surface area contributed by atoms with Crippen molar-refractivity contribution in [3.05, 3.63) is 34.8 Å². The van der Waals surface area contributed by atoms with Crippen LogP contribution >= 0.6 is 11.3 Å². The first-order chi connectivity index (χ1) is 9.63. The third-order valence-electron chi connectivity index (χ3n) is 2.58. The molecule has 6 heteroatoms. The molecule has 0 atom stereocenters. The highest BCUT2D eigenvalue weighted by molar-refractivity contribution is 7.17. The van der Waals surface area contributed by atoms with Crippen molar-refractivity contribution in [2.45, 2.75) is 13.8 Å². The average molecular weight is 292 g/mol. The molecule has 106 valence electrons. The molecule has 0 spiro atoms. The minimum atomic E-state index is -0.361. The lowest BCUT2D eigenvalue weighted by Crippen LogP contribution is -1.99. The van der Waals surface area contributed by atoms with Gasteiger partial charge in [0.25, 0.3) is 0 Å². The fourth-order valence-electron chi connectivity index (χ4n) is 1.66. The fourth-order valence-corrected chi connectivity index (χ4v) is 2.56. The van der Waals surface area contributed by atoms with Gasteiger partial charge in [-0.15, -0.1) is 0 Å². The smallest absolute Gasteiger partial charge is 0.350 e. The van der Waals surface area contributed by atoms with Gasteiger partial charge in [0.15, 0.2) is 5.13 Å². The third-order valence-corrected chi connectivity index (χ3v) is 3.64. The Labute approximate surface area is 121 Å². The molecule has 0 amide bonds. The van der Waals surface area contributed by atoms with E-state index in [1.54, 1.807) is 6.92 Å². The van der Waals surface area contributed by atoms with E-state index in [1.165, 1.54) is 18.4 Å². The molecular weight excluding hydrogens is 276 g/mol. The highest BCUT2D eigenvalue weighted by Crippen LogP contribution is 2.27. The van der Waals surface area contributed by atoms with E-state index >= 15 is 0 Å². The number of carbonyl (C=O) groups is 1. The molecule has 0 saturated carbocycles. The summed E-state index contributed by atoms with van der Waals surface area (Å²) in [5.74, 6) is 0.461. The molecule has 0 aliphatic rings. The van der Waals surface area contributed by atoms with Gasteiger partial charge in [-0.2, -0.15) is 0 Å². The second-order valence-corrected chi connectivity index (χ2v) is 5.01. The summed E-state index contributed by atoms with van der Waals surface area (Å²) in [5, 5.41) is 3.82. The number of anilines is 2. The van der Waals surface area contributed by atoms with Crippen LogP contribution in [0.2, 0.25) is 0 Å². The van der Waals surface area contributed by atoms with Gasteiger partial charge < -0.3 is 14.8 Å². The van der Waals surface area contributed by atoms with E-state index in [1.807, 2.05) is 31.2 Å². The van der Waals surface area contributed by atoms with Crippen LogP contribution < -0.4 is 10.1 Å². The first-order valence-corrected chi connectivity index (χ1v) is 7.01. The minimum absolute atomic E-state index is 0.361.